The second-order valence-electron chi connectivity index (χ2n) is 4.48. The molecule has 2 unspecified atom stereocenters. The molecule has 2 atom stereocenters. The van der Waals surface area contributed by atoms with E-state index in [2.05, 4.69) is 21.2 Å². The van der Waals surface area contributed by atoms with Crippen molar-refractivity contribution in [3.63, 3.8) is 0 Å². The molecule has 1 aromatic carbocycles. The predicted molar refractivity (Wildman–Crippen MR) is 71.0 cm³/mol. The number of halogens is 2. The van der Waals surface area contributed by atoms with Crippen LogP contribution in [0.15, 0.2) is 22.7 Å². The molecule has 0 spiro atoms. The minimum Gasteiger partial charge on any atom is -0.374 e. The Balaban J connectivity index is 1.77. The van der Waals surface area contributed by atoms with Crippen LogP contribution in [0.25, 0.3) is 0 Å². The molecule has 100 valence electrons. The summed E-state index contributed by atoms with van der Waals surface area (Å²) < 4.78 is 25.0. The van der Waals surface area contributed by atoms with Crippen LogP contribution >= 0.6 is 15.9 Å². The lowest BCUT2D eigenvalue weighted by Gasteiger charge is -2.28. The van der Waals surface area contributed by atoms with E-state index in [9.17, 15) is 4.39 Å². The van der Waals surface area contributed by atoms with Gasteiger partial charge in [0.2, 0.25) is 0 Å². The first-order valence-electron chi connectivity index (χ1n) is 6.03. The fourth-order valence-electron chi connectivity index (χ4n) is 1.91. The van der Waals surface area contributed by atoms with Gasteiger partial charge in [-0.2, -0.15) is 0 Å². The van der Waals surface area contributed by atoms with Crippen LogP contribution in [-0.4, -0.2) is 31.9 Å². The highest BCUT2D eigenvalue weighted by molar-refractivity contribution is 9.10. The van der Waals surface area contributed by atoms with Gasteiger partial charge in [-0.15, -0.1) is 0 Å². The normalized spacial score (nSPS) is 24.2. The van der Waals surface area contributed by atoms with E-state index in [4.69, 9.17) is 9.47 Å². The highest BCUT2D eigenvalue weighted by Crippen LogP contribution is 2.19. The molecule has 1 aromatic rings. The first kappa shape index (κ1) is 13.9. The predicted octanol–water partition coefficient (Wildman–Crippen LogP) is 2.48. The molecule has 1 heterocycles. The number of rotatable bonds is 4. The number of nitrogens with one attached hydrogen (secondary N) is 1. The van der Waals surface area contributed by atoms with Crippen LogP contribution < -0.4 is 5.32 Å². The van der Waals surface area contributed by atoms with Crippen LogP contribution in [-0.2, 0) is 16.1 Å². The van der Waals surface area contributed by atoms with E-state index < -0.39 is 0 Å². The molecule has 2 rings (SSSR count). The topological polar surface area (TPSA) is 30.5 Å². The highest BCUT2D eigenvalue weighted by Gasteiger charge is 2.18. The van der Waals surface area contributed by atoms with Crippen LogP contribution in [0.4, 0.5) is 4.39 Å². The van der Waals surface area contributed by atoms with Gasteiger partial charge in [-0.1, -0.05) is 22.0 Å². The second kappa shape index (κ2) is 6.61. The summed E-state index contributed by atoms with van der Waals surface area (Å²) in [6, 6.07) is 4.60. The summed E-state index contributed by atoms with van der Waals surface area (Å²) in [7, 11) is 0. The summed E-state index contributed by atoms with van der Waals surface area (Å²) in [5.74, 6) is -0.251. The number of morpholine rings is 1. The molecule has 1 aliphatic rings. The van der Waals surface area contributed by atoms with E-state index in [1.807, 2.05) is 6.92 Å². The van der Waals surface area contributed by atoms with Gasteiger partial charge in [0, 0.05) is 17.6 Å². The number of benzene rings is 1. The minimum atomic E-state index is -0.251. The van der Waals surface area contributed by atoms with E-state index in [0.717, 1.165) is 23.1 Å². The van der Waals surface area contributed by atoms with Crippen molar-refractivity contribution in [3.05, 3.63) is 34.1 Å². The quantitative estimate of drug-likeness (QED) is 0.925. The molecule has 1 fully saturated rings. The van der Waals surface area contributed by atoms with Gasteiger partial charge in [0.1, 0.15) is 5.82 Å². The van der Waals surface area contributed by atoms with Gasteiger partial charge in [0.05, 0.1) is 25.4 Å². The van der Waals surface area contributed by atoms with Crippen LogP contribution in [0.3, 0.4) is 0 Å². The fourth-order valence-corrected chi connectivity index (χ4v) is 2.37. The summed E-state index contributed by atoms with van der Waals surface area (Å²) in [5, 5.41) is 3.29. The summed E-state index contributed by atoms with van der Waals surface area (Å²) in [6.45, 7) is 4.74. The molecule has 1 saturated heterocycles. The summed E-state index contributed by atoms with van der Waals surface area (Å²) in [4.78, 5) is 0. The van der Waals surface area contributed by atoms with Crippen LogP contribution in [0.2, 0.25) is 0 Å². The molecule has 3 nitrogen and oxygen atoms in total. The maximum atomic E-state index is 12.9. The number of hydrogen-bond donors (Lipinski definition) is 1. The Labute approximate surface area is 115 Å². The molecule has 1 aliphatic heterocycles. The zero-order chi connectivity index (χ0) is 13.0. The molecule has 5 heteroatoms. The van der Waals surface area contributed by atoms with Gasteiger partial charge in [-0.05, 0) is 24.6 Å². The van der Waals surface area contributed by atoms with E-state index in [1.165, 1.54) is 12.1 Å². The lowest BCUT2D eigenvalue weighted by molar-refractivity contribution is -0.0717. The fraction of sp³-hybridized carbons (Fsp3) is 0.538. The van der Waals surface area contributed by atoms with Crippen molar-refractivity contribution in [2.24, 2.45) is 0 Å². The molecule has 0 saturated carbocycles. The molecule has 0 bridgehead atoms. The Morgan fingerprint density at radius 1 is 1.50 bits per heavy atom. The molecule has 1 N–H and O–H groups in total. The third-order valence-electron chi connectivity index (χ3n) is 2.80. The average Bonchev–Trinajstić information content (AvgIpc) is 2.32. The minimum absolute atomic E-state index is 0.0907. The zero-order valence-electron chi connectivity index (χ0n) is 10.3. The lowest BCUT2D eigenvalue weighted by Crippen LogP contribution is -2.45. The first-order valence-corrected chi connectivity index (χ1v) is 6.82. The Morgan fingerprint density at radius 2 is 2.33 bits per heavy atom. The van der Waals surface area contributed by atoms with Gasteiger partial charge in [0.25, 0.3) is 0 Å². The Kier molecular flexibility index (Phi) is 5.12. The van der Waals surface area contributed by atoms with Gasteiger partial charge in [-0.3, -0.25) is 0 Å². The van der Waals surface area contributed by atoms with E-state index >= 15 is 0 Å². The van der Waals surface area contributed by atoms with Crippen molar-refractivity contribution in [2.75, 3.05) is 19.7 Å². The largest absolute Gasteiger partial charge is 0.374 e. The van der Waals surface area contributed by atoms with Crippen molar-refractivity contribution in [2.45, 2.75) is 25.7 Å². The second-order valence-corrected chi connectivity index (χ2v) is 5.33. The maximum absolute atomic E-state index is 12.9. The third-order valence-corrected chi connectivity index (χ3v) is 3.54. The van der Waals surface area contributed by atoms with E-state index in [1.54, 1.807) is 6.07 Å². The van der Waals surface area contributed by atoms with Gasteiger partial charge in [-0.25, -0.2) is 4.39 Å². The van der Waals surface area contributed by atoms with Crippen molar-refractivity contribution in [1.82, 2.24) is 5.32 Å². The Morgan fingerprint density at radius 3 is 3.06 bits per heavy atom. The third kappa shape index (κ3) is 4.02. The van der Waals surface area contributed by atoms with Crippen LogP contribution in [0.1, 0.15) is 12.5 Å². The first-order chi connectivity index (χ1) is 8.65. The summed E-state index contributed by atoms with van der Waals surface area (Å²) in [6.07, 6.45) is 0.317. The summed E-state index contributed by atoms with van der Waals surface area (Å²) >= 11 is 3.32. The molecule has 18 heavy (non-hydrogen) atoms. The Hall–Kier alpha value is -0.490. The zero-order valence-corrected chi connectivity index (χ0v) is 11.9. The molecular weight excluding hydrogens is 301 g/mol. The molecule has 0 amide bonds. The summed E-state index contributed by atoms with van der Waals surface area (Å²) in [5.41, 5.74) is 0.938. The van der Waals surface area contributed by atoms with Gasteiger partial charge >= 0.3 is 0 Å². The van der Waals surface area contributed by atoms with Crippen LogP contribution in [0, 0.1) is 5.82 Å². The Bertz CT molecular complexity index is 403. The van der Waals surface area contributed by atoms with E-state index in [-0.39, 0.29) is 18.0 Å². The standard InChI is InChI=1S/C13H17BrFNO2/c1-9-5-16-6-12(18-9)8-17-7-10-2-3-11(15)4-13(10)14/h2-4,9,12,16H,5-8H2,1H3. The van der Waals surface area contributed by atoms with Crippen molar-refractivity contribution < 1.29 is 13.9 Å². The molecule has 0 aliphatic carbocycles. The van der Waals surface area contributed by atoms with Crippen molar-refractivity contribution >= 4 is 15.9 Å². The average molecular weight is 318 g/mol. The lowest BCUT2D eigenvalue weighted by atomic mass is 10.2. The molecule has 0 aromatic heterocycles. The van der Waals surface area contributed by atoms with Crippen molar-refractivity contribution in [3.8, 4) is 0 Å². The van der Waals surface area contributed by atoms with E-state index in [0.29, 0.717) is 13.2 Å². The van der Waals surface area contributed by atoms with Gasteiger partial charge in [0.15, 0.2) is 0 Å². The van der Waals surface area contributed by atoms with Gasteiger partial charge < -0.3 is 14.8 Å². The monoisotopic (exact) mass is 317 g/mol. The maximum Gasteiger partial charge on any atom is 0.124 e. The highest BCUT2D eigenvalue weighted by atomic mass is 79.9. The smallest absolute Gasteiger partial charge is 0.124 e. The number of hydrogen-bond acceptors (Lipinski definition) is 3. The SMILES string of the molecule is CC1CNCC(COCc2ccc(F)cc2Br)O1. The van der Waals surface area contributed by atoms with Crippen molar-refractivity contribution in [1.29, 1.82) is 0 Å². The molecule has 0 radical (unpaired) electrons. The van der Waals surface area contributed by atoms with Crippen LogP contribution in [0.5, 0.6) is 0 Å². The molecular formula is C13H17BrFNO2. The number of ether oxygens (including phenoxy) is 2.